The molecule has 0 fully saturated rings. The van der Waals surface area contributed by atoms with Gasteiger partial charge in [-0.3, -0.25) is 4.57 Å². The number of fused-ring (bicyclic) bond motifs is 1. The van der Waals surface area contributed by atoms with E-state index in [-0.39, 0.29) is 11.5 Å². The molecule has 2 aromatic rings. The molecule has 2 heterocycles. The average Bonchev–Trinajstić information content (AvgIpc) is 2.62. The highest BCUT2D eigenvalue weighted by molar-refractivity contribution is 7.71. The number of methoxy groups -OCH3 is 1. The normalized spacial score (nSPS) is 13.8. The first-order valence-corrected chi connectivity index (χ1v) is 6.26. The Morgan fingerprint density at radius 1 is 1.39 bits per heavy atom. The van der Waals surface area contributed by atoms with Crippen molar-refractivity contribution in [2.45, 2.75) is 33.7 Å². The highest BCUT2D eigenvalue weighted by Gasteiger charge is 2.25. The summed E-state index contributed by atoms with van der Waals surface area (Å²) in [4.78, 5) is 11.5. The van der Waals surface area contributed by atoms with Crippen molar-refractivity contribution >= 4 is 23.4 Å². The molecule has 1 N–H and O–H groups in total. The van der Waals surface area contributed by atoms with E-state index in [1.807, 2.05) is 4.57 Å². The van der Waals surface area contributed by atoms with E-state index >= 15 is 0 Å². The van der Waals surface area contributed by atoms with Crippen LogP contribution in [-0.4, -0.2) is 26.6 Å². The highest BCUT2D eigenvalue weighted by Crippen LogP contribution is 2.33. The zero-order chi connectivity index (χ0) is 13.5. The van der Waals surface area contributed by atoms with E-state index in [2.05, 4.69) is 42.6 Å². The fourth-order valence-corrected chi connectivity index (χ4v) is 2.16. The van der Waals surface area contributed by atoms with E-state index < -0.39 is 0 Å². The van der Waals surface area contributed by atoms with Crippen molar-refractivity contribution in [1.29, 1.82) is 0 Å². The van der Waals surface area contributed by atoms with E-state index in [9.17, 15) is 0 Å². The van der Waals surface area contributed by atoms with E-state index in [4.69, 9.17) is 17.0 Å². The molecular formula is C12H18N4OS. The predicted octanol–water partition coefficient (Wildman–Crippen LogP) is 3.10. The molecule has 2 aromatic heterocycles. The lowest BCUT2D eigenvalue weighted by atomic mass is 9.88. The first-order chi connectivity index (χ1) is 8.36. The molecule has 18 heavy (non-hydrogen) atoms. The molecule has 2 rings (SSSR count). The van der Waals surface area contributed by atoms with E-state index in [1.54, 1.807) is 7.11 Å². The van der Waals surface area contributed by atoms with Gasteiger partial charge < -0.3 is 9.72 Å². The summed E-state index contributed by atoms with van der Waals surface area (Å²) in [5, 5.41) is 0. The maximum atomic E-state index is 5.39. The summed E-state index contributed by atoms with van der Waals surface area (Å²) in [5.41, 5.74) is 1.63. The number of ether oxygens (including phenoxy) is 1. The van der Waals surface area contributed by atoms with Crippen LogP contribution >= 0.6 is 12.2 Å². The van der Waals surface area contributed by atoms with Gasteiger partial charge in [-0.05, 0) is 24.6 Å². The Morgan fingerprint density at radius 3 is 2.61 bits per heavy atom. The smallest absolute Gasteiger partial charge is 0.242 e. The third kappa shape index (κ3) is 2.01. The average molecular weight is 266 g/mol. The monoisotopic (exact) mass is 266 g/mol. The molecule has 0 amide bonds. The minimum atomic E-state index is 0.0888. The number of H-pyrrole nitrogens is 1. The zero-order valence-corrected chi connectivity index (χ0v) is 12.1. The summed E-state index contributed by atoms with van der Waals surface area (Å²) in [6, 6.07) is 0.221. The van der Waals surface area contributed by atoms with Crippen molar-refractivity contribution in [1.82, 2.24) is 19.5 Å². The lowest BCUT2D eigenvalue weighted by molar-refractivity contribution is 0.264. The number of hydrogen-bond acceptors (Lipinski definition) is 4. The molecule has 0 saturated carbocycles. The summed E-state index contributed by atoms with van der Waals surface area (Å²) < 4.78 is 7.89. The fraction of sp³-hybridized carbons (Fsp3) is 0.583. The molecule has 0 saturated heterocycles. The summed E-state index contributed by atoms with van der Waals surface area (Å²) in [7, 11) is 1.59. The Morgan fingerprint density at radius 2 is 2.06 bits per heavy atom. The van der Waals surface area contributed by atoms with Crippen LogP contribution in [0.2, 0.25) is 0 Å². The predicted molar refractivity (Wildman–Crippen MR) is 73.4 cm³/mol. The molecule has 6 heteroatoms. The van der Waals surface area contributed by atoms with E-state index in [0.29, 0.717) is 10.7 Å². The molecule has 0 radical (unpaired) electrons. The van der Waals surface area contributed by atoms with Gasteiger partial charge in [0.25, 0.3) is 0 Å². The second-order valence-electron chi connectivity index (χ2n) is 5.42. The zero-order valence-electron chi connectivity index (χ0n) is 11.3. The van der Waals surface area contributed by atoms with Crippen LogP contribution in [0.4, 0.5) is 0 Å². The van der Waals surface area contributed by atoms with Crippen LogP contribution < -0.4 is 4.74 Å². The van der Waals surface area contributed by atoms with Crippen LogP contribution in [0.15, 0.2) is 6.33 Å². The Kier molecular flexibility index (Phi) is 3.14. The largest absolute Gasteiger partial charge is 0.479 e. The third-order valence-electron chi connectivity index (χ3n) is 3.31. The van der Waals surface area contributed by atoms with Crippen LogP contribution in [0, 0.1) is 10.2 Å². The van der Waals surface area contributed by atoms with Crippen LogP contribution in [0.5, 0.6) is 5.88 Å². The Bertz CT molecular complexity index is 623. The van der Waals surface area contributed by atoms with Gasteiger partial charge in [-0.2, -0.15) is 4.98 Å². The number of hydrogen-bond donors (Lipinski definition) is 1. The molecule has 5 nitrogen and oxygen atoms in total. The number of nitrogens with one attached hydrogen (secondary N) is 1. The molecule has 1 atom stereocenters. The molecule has 0 aliphatic heterocycles. The summed E-state index contributed by atoms with van der Waals surface area (Å²) in [6.07, 6.45) is 1.50. The fourth-order valence-electron chi connectivity index (χ4n) is 1.82. The van der Waals surface area contributed by atoms with Gasteiger partial charge in [-0.25, -0.2) is 4.98 Å². The number of nitrogens with zero attached hydrogens (tertiary/aromatic N) is 3. The maximum absolute atomic E-state index is 5.39. The molecule has 0 aromatic carbocycles. The number of imidazole rings is 1. The Hall–Kier alpha value is -1.43. The van der Waals surface area contributed by atoms with Crippen molar-refractivity contribution in [2.24, 2.45) is 5.41 Å². The molecule has 98 valence electrons. The first kappa shape index (κ1) is 13.0. The Labute approximate surface area is 111 Å². The van der Waals surface area contributed by atoms with Gasteiger partial charge in [0.1, 0.15) is 11.8 Å². The quantitative estimate of drug-likeness (QED) is 0.849. The van der Waals surface area contributed by atoms with E-state index in [1.165, 1.54) is 6.33 Å². The summed E-state index contributed by atoms with van der Waals surface area (Å²) >= 11 is 5.39. The van der Waals surface area contributed by atoms with Crippen molar-refractivity contribution < 1.29 is 4.74 Å². The lowest BCUT2D eigenvalue weighted by Crippen LogP contribution is -2.21. The maximum Gasteiger partial charge on any atom is 0.242 e. The molecule has 0 bridgehead atoms. The molecule has 1 unspecified atom stereocenters. The van der Waals surface area contributed by atoms with Gasteiger partial charge in [-0.1, -0.05) is 20.8 Å². The van der Waals surface area contributed by atoms with Crippen LogP contribution in [0.25, 0.3) is 11.2 Å². The van der Waals surface area contributed by atoms with Gasteiger partial charge in [0.15, 0.2) is 10.4 Å². The number of rotatable bonds is 2. The Balaban J connectivity index is 2.73. The van der Waals surface area contributed by atoms with Gasteiger partial charge in [0.2, 0.25) is 5.88 Å². The highest BCUT2D eigenvalue weighted by atomic mass is 32.1. The third-order valence-corrected chi connectivity index (χ3v) is 3.60. The van der Waals surface area contributed by atoms with Crippen LogP contribution in [-0.2, 0) is 0 Å². The molecule has 0 aliphatic rings. The SMILES string of the molecule is COc1ncnc2c1[nH]c(=S)n2C(C)C(C)(C)C. The van der Waals surface area contributed by atoms with Crippen LogP contribution in [0.3, 0.4) is 0 Å². The second kappa shape index (κ2) is 4.35. The van der Waals surface area contributed by atoms with Gasteiger partial charge >= 0.3 is 0 Å². The second-order valence-corrected chi connectivity index (χ2v) is 5.81. The van der Waals surface area contributed by atoms with E-state index in [0.717, 1.165) is 11.2 Å². The van der Waals surface area contributed by atoms with Crippen molar-refractivity contribution in [3.63, 3.8) is 0 Å². The minimum Gasteiger partial charge on any atom is -0.479 e. The van der Waals surface area contributed by atoms with Gasteiger partial charge in [-0.15, -0.1) is 0 Å². The van der Waals surface area contributed by atoms with Crippen molar-refractivity contribution in [2.75, 3.05) is 7.11 Å². The van der Waals surface area contributed by atoms with Crippen LogP contribution in [0.1, 0.15) is 33.7 Å². The van der Waals surface area contributed by atoms with Crippen molar-refractivity contribution in [3.05, 3.63) is 11.1 Å². The minimum absolute atomic E-state index is 0.0888. The summed E-state index contributed by atoms with van der Waals surface area (Å²) in [6.45, 7) is 8.67. The summed E-state index contributed by atoms with van der Waals surface area (Å²) in [5.74, 6) is 0.519. The molecule has 0 spiro atoms. The lowest BCUT2D eigenvalue weighted by Gasteiger charge is -2.28. The first-order valence-electron chi connectivity index (χ1n) is 5.85. The van der Waals surface area contributed by atoms with Crippen molar-refractivity contribution in [3.8, 4) is 5.88 Å². The number of aromatic nitrogens is 4. The molecular weight excluding hydrogens is 248 g/mol. The van der Waals surface area contributed by atoms with Gasteiger partial charge in [0, 0.05) is 6.04 Å². The van der Waals surface area contributed by atoms with Gasteiger partial charge in [0.05, 0.1) is 7.11 Å². The molecule has 0 aliphatic carbocycles. The topological polar surface area (TPSA) is 55.7 Å². The standard InChI is InChI=1S/C12H18N4OS/c1-7(12(2,3)4)16-9-8(15-11(16)18)10(17-5)14-6-13-9/h6-7H,1-5H3,(H,15,18). The number of aromatic amines is 1.